The van der Waals surface area contributed by atoms with Gasteiger partial charge < -0.3 is 19.1 Å². The fourth-order valence-corrected chi connectivity index (χ4v) is 1.98. The molecule has 0 saturated heterocycles. The molecule has 18 heavy (non-hydrogen) atoms. The number of nitrogens with zero attached hydrogens (tertiary/aromatic N) is 1. The SMILES string of the molecule is COCCn1c(C(=O)O)cc2cc(OC)ccc21. The first-order valence-corrected chi connectivity index (χ1v) is 5.57. The molecule has 1 heterocycles. The summed E-state index contributed by atoms with van der Waals surface area (Å²) in [5.74, 6) is -0.232. The zero-order valence-electron chi connectivity index (χ0n) is 10.3. The van der Waals surface area contributed by atoms with E-state index in [1.807, 2.05) is 18.2 Å². The smallest absolute Gasteiger partial charge is 0.352 e. The number of rotatable bonds is 5. The maximum atomic E-state index is 11.2. The molecule has 2 rings (SSSR count). The largest absolute Gasteiger partial charge is 0.497 e. The lowest BCUT2D eigenvalue weighted by Gasteiger charge is -2.07. The standard InChI is InChI=1S/C13H15NO4/c1-17-6-5-14-11-4-3-10(18-2)7-9(11)8-12(14)13(15)16/h3-4,7-8H,5-6H2,1-2H3,(H,15,16). The van der Waals surface area contributed by atoms with Crippen LogP contribution in [-0.4, -0.2) is 36.5 Å². The van der Waals surface area contributed by atoms with Gasteiger partial charge in [-0.25, -0.2) is 4.79 Å². The average Bonchev–Trinajstić information content (AvgIpc) is 2.74. The molecule has 0 aliphatic carbocycles. The van der Waals surface area contributed by atoms with Crippen LogP contribution in [0.1, 0.15) is 10.5 Å². The summed E-state index contributed by atoms with van der Waals surface area (Å²) in [4.78, 5) is 11.2. The van der Waals surface area contributed by atoms with Crippen molar-refractivity contribution in [2.75, 3.05) is 20.8 Å². The number of ether oxygens (including phenoxy) is 2. The van der Waals surface area contributed by atoms with Crippen LogP contribution < -0.4 is 4.74 Å². The van der Waals surface area contributed by atoms with Gasteiger partial charge in [0.2, 0.25) is 0 Å². The molecule has 1 N–H and O–H groups in total. The van der Waals surface area contributed by atoms with Crippen molar-refractivity contribution in [2.24, 2.45) is 0 Å². The Morgan fingerprint density at radius 3 is 2.72 bits per heavy atom. The van der Waals surface area contributed by atoms with E-state index in [4.69, 9.17) is 9.47 Å². The van der Waals surface area contributed by atoms with Crippen molar-refractivity contribution in [1.82, 2.24) is 4.57 Å². The summed E-state index contributed by atoms with van der Waals surface area (Å²) < 4.78 is 11.9. The first-order valence-electron chi connectivity index (χ1n) is 5.57. The highest BCUT2D eigenvalue weighted by atomic mass is 16.5. The molecular weight excluding hydrogens is 234 g/mol. The van der Waals surface area contributed by atoms with E-state index in [0.29, 0.717) is 18.9 Å². The molecule has 5 heteroatoms. The van der Waals surface area contributed by atoms with Gasteiger partial charge >= 0.3 is 5.97 Å². The molecule has 0 aliphatic heterocycles. The third kappa shape index (κ3) is 2.17. The Morgan fingerprint density at radius 2 is 2.11 bits per heavy atom. The molecule has 0 aliphatic rings. The Hall–Kier alpha value is -2.01. The summed E-state index contributed by atoms with van der Waals surface area (Å²) in [5, 5.41) is 10.0. The van der Waals surface area contributed by atoms with Gasteiger partial charge in [-0.15, -0.1) is 0 Å². The number of aromatic nitrogens is 1. The molecule has 2 aromatic rings. The topological polar surface area (TPSA) is 60.7 Å². The zero-order chi connectivity index (χ0) is 13.1. The summed E-state index contributed by atoms with van der Waals surface area (Å²) >= 11 is 0. The molecule has 5 nitrogen and oxygen atoms in total. The summed E-state index contributed by atoms with van der Waals surface area (Å²) in [7, 11) is 3.18. The van der Waals surface area contributed by atoms with Crippen LogP contribution in [0.2, 0.25) is 0 Å². The molecule has 0 spiro atoms. The van der Waals surface area contributed by atoms with Gasteiger partial charge in [0.25, 0.3) is 0 Å². The van der Waals surface area contributed by atoms with Crippen LogP contribution in [0.3, 0.4) is 0 Å². The van der Waals surface area contributed by atoms with E-state index in [9.17, 15) is 9.90 Å². The fraction of sp³-hybridized carbons (Fsp3) is 0.308. The number of aromatic carboxylic acids is 1. The first kappa shape index (κ1) is 12.4. The monoisotopic (exact) mass is 249 g/mol. The molecular formula is C13H15NO4. The highest BCUT2D eigenvalue weighted by Gasteiger charge is 2.14. The molecule has 0 amide bonds. The van der Waals surface area contributed by atoms with Crippen LogP contribution in [0.15, 0.2) is 24.3 Å². The van der Waals surface area contributed by atoms with Crippen molar-refractivity contribution in [2.45, 2.75) is 6.54 Å². The van der Waals surface area contributed by atoms with Crippen molar-refractivity contribution >= 4 is 16.9 Å². The van der Waals surface area contributed by atoms with Crippen molar-refractivity contribution in [1.29, 1.82) is 0 Å². The lowest BCUT2D eigenvalue weighted by molar-refractivity contribution is 0.0683. The van der Waals surface area contributed by atoms with Crippen LogP contribution in [0, 0.1) is 0 Å². The Kier molecular flexibility index (Phi) is 3.53. The van der Waals surface area contributed by atoms with E-state index in [-0.39, 0.29) is 5.69 Å². The zero-order valence-corrected chi connectivity index (χ0v) is 10.3. The molecule has 0 fully saturated rings. The third-order valence-electron chi connectivity index (χ3n) is 2.85. The number of carbonyl (C=O) groups is 1. The molecule has 0 radical (unpaired) electrons. The van der Waals surface area contributed by atoms with E-state index in [1.54, 1.807) is 24.9 Å². The second kappa shape index (κ2) is 5.10. The van der Waals surface area contributed by atoms with Crippen molar-refractivity contribution < 1.29 is 19.4 Å². The van der Waals surface area contributed by atoms with Crippen LogP contribution in [0.25, 0.3) is 10.9 Å². The summed E-state index contributed by atoms with van der Waals surface area (Å²) in [6, 6.07) is 7.15. The average molecular weight is 249 g/mol. The normalized spacial score (nSPS) is 10.8. The van der Waals surface area contributed by atoms with Gasteiger partial charge in [-0.3, -0.25) is 0 Å². The van der Waals surface area contributed by atoms with Gasteiger partial charge in [0, 0.05) is 24.6 Å². The molecule has 0 atom stereocenters. The number of methoxy groups -OCH3 is 2. The minimum atomic E-state index is -0.943. The predicted octanol–water partition coefficient (Wildman–Crippen LogP) is 1.99. The van der Waals surface area contributed by atoms with Gasteiger partial charge in [0.05, 0.1) is 13.7 Å². The van der Waals surface area contributed by atoms with E-state index in [1.165, 1.54) is 0 Å². The Labute approximate surface area is 105 Å². The Balaban J connectivity index is 2.56. The number of carboxylic acid groups (broad SMARTS) is 1. The van der Waals surface area contributed by atoms with Gasteiger partial charge in [-0.2, -0.15) is 0 Å². The third-order valence-corrected chi connectivity index (χ3v) is 2.85. The highest BCUT2D eigenvalue weighted by molar-refractivity contribution is 5.95. The molecule has 96 valence electrons. The van der Waals surface area contributed by atoms with Crippen molar-refractivity contribution in [3.63, 3.8) is 0 Å². The lowest BCUT2D eigenvalue weighted by atomic mass is 10.2. The predicted molar refractivity (Wildman–Crippen MR) is 67.3 cm³/mol. The van der Waals surface area contributed by atoms with Gasteiger partial charge in [-0.05, 0) is 24.3 Å². The van der Waals surface area contributed by atoms with Crippen molar-refractivity contribution in [3.05, 3.63) is 30.0 Å². The molecule has 1 aromatic carbocycles. The Bertz CT molecular complexity index is 574. The van der Waals surface area contributed by atoms with Gasteiger partial charge in [-0.1, -0.05) is 0 Å². The highest BCUT2D eigenvalue weighted by Crippen LogP contribution is 2.24. The molecule has 0 saturated carbocycles. The molecule has 0 unspecified atom stereocenters. The van der Waals surface area contributed by atoms with Crippen molar-refractivity contribution in [3.8, 4) is 5.75 Å². The first-order chi connectivity index (χ1) is 8.67. The second-order valence-corrected chi connectivity index (χ2v) is 3.90. The van der Waals surface area contributed by atoms with E-state index >= 15 is 0 Å². The van der Waals surface area contributed by atoms with E-state index < -0.39 is 5.97 Å². The number of hydrogen-bond acceptors (Lipinski definition) is 3. The number of carboxylic acids is 1. The maximum absolute atomic E-state index is 11.2. The van der Waals surface area contributed by atoms with E-state index in [0.717, 1.165) is 10.9 Å². The fourth-order valence-electron chi connectivity index (χ4n) is 1.98. The number of fused-ring (bicyclic) bond motifs is 1. The number of benzene rings is 1. The van der Waals surface area contributed by atoms with Gasteiger partial charge in [0.15, 0.2) is 0 Å². The number of hydrogen-bond donors (Lipinski definition) is 1. The minimum absolute atomic E-state index is 0.260. The summed E-state index contributed by atoms with van der Waals surface area (Å²) in [5.41, 5.74) is 1.13. The Morgan fingerprint density at radius 1 is 1.33 bits per heavy atom. The maximum Gasteiger partial charge on any atom is 0.352 e. The summed E-state index contributed by atoms with van der Waals surface area (Å²) in [6.07, 6.45) is 0. The van der Waals surface area contributed by atoms with Crippen LogP contribution in [0.4, 0.5) is 0 Å². The minimum Gasteiger partial charge on any atom is -0.497 e. The molecule has 0 bridgehead atoms. The second-order valence-electron chi connectivity index (χ2n) is 3.90. The van der Waals surface area contributed by atoms with Crippen LogP contribution >= 0.6 is 0 Å². The van der Waals surface area contributed by atoms with Crippen LogP contribution in [-0.2, 0) is 11.3 Å². The summed E-state index contributed by atoms with van der Waals surface area (Å²) in [6.45, 7) is 0.976. The lowest BCUT2D eigenvalue weighted by Crippen LogP contribution is -2.11. The van der Waals surface area contributed by atoms with Crippen LogP contribution in [0.5, 0.6) is 5.75 Å². The van der Waals surface area contributed by atoms with E-state index in [2.05, 4.69) is 0 Å². The molecule has 1 aromatic heterocycles. The van der Waals surface area contributed by atoms with Gasteiger partial charge in [0.1, 0.15) is 11.4 Å². The quantitative estimate of drug-likeness (QED) is 0.880.